The van der Waals surface area contributed by atoms with Crippen molar-refractivity contribution in [3.8, 4) is 11.5 Å². The van der Waals surface area contributed by atoms with Crippen molar-refractivity contribution in [2.75, 3.05) is 0 Å². The molecule has 0 saturated heterocycles. The Hall–Kier alpha value is -2.59. The fourth-order valence-corrected chi connectivity index (χ4v) is 2.75. The van der Waals surface area contributed by atoms with E-state index < -0.39 is 0 Å². The minimum atomic E-state index is -0.326. The fraction of sp³-hybridized carbons (Fsp3) is 0. The van der Waals surface area contributed by atoms with Gasteiger partial charge in [-0.3, -0.25) is 4.79 Å². The Morgan fingerprint density at radius 2 is 1.78 bits per heavy atom. The summed E-state index contributed by atoms with van der Waals surface area (Å²) in [6, 6.07) is 15.7. The first-order chi connectivity index (χ1) is 11.1. The molecule has 0 spiro atoms. The highest BCUT2D eigenvalue weighted by atomic mass is 79.9. The molecule has 2 N–H and O–H groups in total. The van der Waals surface area contributed by atoms with Crippen LogP contribution in [0.25, 0.3) is 16.8 Å². The van der Waals surface area contributed by atoms with Gasteiger partial charge in [-0.15, -0.1) is 0 Å². The number of aromatic hydroxyl groups is 2. The lowest BCUT2D eigenvalue weighted by atomic mass is 10.0. The normalized spacial score (nSPS) is 11.2. The maximum absolute atomic E-state index is 12.3. The molecule has 3 rings (SSSR count). The molecule has 0 heterocycles. The third-order valence-corrected chi connectivity index (χ3v) is 4.06. The molecule has 0 aliphatic carbocycles. The number of carbonyl (C=O) groups excluding carboxylic acids is 1. The molecular weight excluding hydrogens is 356 g/mol. The van der Waals surface area contributed by atoms with Crippen LogP contribution in [0.2, 0.25) is 0 Å². The second-order valence-corrected chi connectivity index (χ2v) is 6.00. The number of phenolic OH excluding ortho intramolecular Hbond substituents is 2. The molecule has 114 valence electrons. The largest absolute Gasteiger partial charge is 0.507 e. The van der Waals surface area contributed by atoms with Crippen LogP contribution >= 0.6 is 15.9 Å². The second kappa shape index (κ2) is 6.26. The van der Waals surface area contributed by atoms with E-state index in [1.54, 1.807) is 36.4 Å². The van der Waals surface area contributed by atoms with Gasteiger partial charge in [-0.05, 0) is 41.8 Å². The van der Waals surface area contributed by atoms with Crippen molar-refractivity contribution < 1.29 is 15.0 Å². The summed E-state index contributed by atoms with van der Waals surface area (Å²) in [7, 11) is 0. The number of ketones is 1. The van der Waals surface area contributed by atoms with Crippen LogP contribution in [0.4, 0.5) is 0 Å². The van der Waals surface area contributed by atoms with Crippen LogP contribution in [0, 0.1) is 0 Å². The number of benzene rings is 3. The molecule has 3 aromatic carbocycles. The summed E-state index contributed by atoms with van der Waals surface area (Å²) < 4.78 is 0.802. The Bertz CT molecular complexity index is 929. The zero-order chi connectivity index (χ0) is 16.4. The van der Waals surface area contributed by atoms with Gasteiger partial charge in [0, 0.05) is 15.4 Å². The van der Waals surface area contributed by atoms with Gasteiger partial charge in [0.25, 0.3) is 0 Å². The number of fused-ring (bicyclic) bond motifs is 1. The molecule has 23 heavy (non-hydrogen) atoms. The van der Waals surface area contributed by atoms with Gasteiger partial charge in [-0.25, -0.2) is 0 Å². The summed E-state index contributed by atoms with van der Waals surface area (Å²) in [5.41, 5.74) is 0.752. The standard InChI is InChI=1S/C19H13BrO3/c20-14-7-10-17(21)13(11-14)6-9-18(22)16-8-5-12-3-1-2-4-15(12)19(16)23/h1-11,21,23H/b9-6+. The van der Waals surface area contributed by atoms with Crippen molar-refractivity contribution >= 4 is 38.6 Å². The first-order valence-corrected chi connectivity index (χ1v) is 7.77. The zero-order valence-electron chi connectivity index (χ0n) is 12.0. The molecule has 0 aliphatic rings. The van der Waals surface area contributed by atoms with Gasteiger partial charge in [0.1, 0.15) is 11.5 Å². The number of halogens is 1. The summed E-state index contributed by atoms with van der Waals surface area (Å²) in [5.74, 6) is -0.274. The third-order valence-electron chi connectivity index (χ3n) is 3.57. The topological polar surface area (TPSA) is 57.5 Å². The van der Waals surface area contributed by atoms with Crippen molar-refractivity contribution in [1.29, 1.82) is 0 Å². The van der Waals surface area contributed by atoms with Crippen LogP contribution in [0.15, 0.2) is 65.1 Å². The van der Waals surface area contributed by atoms with E-state index >= 15 is 0 Å². The van der Waals surface area contributed by atoms with Gasteiger partial charge in [-0.1, -0.05) is 46.3 Å². The van der Waals surface area contributed by atoms with Gasteiger partial charge >= 0.3 is 0 Å². The lowest BCUT2D eigenvalue weighted by molar-refractivity contribution is 0.104. The van der Waals surface area contributed by atoms with Gasteiger partial charge in [0.2, 0.25) is 0 Å². The monoisotopic (exact) mass is 368 g/mol. The van der Waals surface area contributed by atoms with Gasteiger partial charge in [-0.2, -0.15) is 0 Å². The number of carbonyl (C=O) groups is 1. The predicted octanol–water partition coefficient (Wildman–Crippen LogP) is 4.91. The Balaban J connectivity index is 1.96. The Morgan fingerprint density at radius 3 is 2.61 bits per heavy atom. The van der Waals surface area contributed by atoms with Gasteiger partial charge in [0.15, 0.2) is 5.78 Å². The zero-order valence-corrected chi connectivity index (χ0v) is 13.6. The number of rotatable bonds is 3. The van der Waals surface area contributed by atoms with Crippen LogP contribution in [0.3, 0.4) is 0 Å². The Labute approximate surface area is 141 Å². The molecule has 0 atom stereocenters. The van der Waals surface area contributed by atoms with Crippen LogP contribution in [0.5, 0.6) is 11.5 Å². The maximum Gasteiger partial charge on any atom is 0.189 e. The second-order valence-electron chi connectivity index (χ2n) is 5.08. The lowest BCUT2D eigenvalue weighted by Gasteiger charge is -2.05. The van der Waals surface area contributed by atoms with E-state index in [2.05, 4.69) is 15.9 Å². The third kappa shape index (κ3) is 3.12. The average molecular weight is 369 g/mol. The maximum atomic E-state index is 12.3. The number of hydrogen-bond acceptors (Lipinski definition) is 3. The summed E-state index contributed by atoms with van der Waals surface area (Å²) in [6.07, 6.45) is 2.86. The summed E-state index contributed by atoms with van der Waals surface area (Å²) in [5, 5.41) is 21.6. The highest BCUT2D eigenvalue weighted by molar-refractivity contribution is 9.10. The van der Waals surface area contributed by atoms with E-state index in [9.17, 15) is 15.0 Å². The molecule has 0 radical (unpaired) electrons. The van der Waals surface area contributed by atoms with E-state index in [1.807, 2.05) is 18.2 Å². The first kappa shape index (κ1) is 15.3. The molecule has 0 bridgehead atoms. The van der Waals surface area contributed by atoms with Gasteiger partial charge < -0.3 is 10.2 Å². The predicted molar refractivity (Wildman–Crippen MR) is 94.8 cm³/mol. The minimum absolute atomic E-state index is 0.0313. The van der Waals surface area contributed by atoms with E-state index in [0.29, 0.717) is 10.9 Å². The van der Waals surface area contributed by atoms with E-state index in [-0.39, 0.29) is 22.8 Å². The highest BCUT2D eigenvalue weighted by Gasteiger charge is 2.11. The van der Waals surface area contributed by atoms with Gasteiger partial charge in [0.05, 0.1) is 5.56 Å². The summed E-state index contributed by atoms with van der Waals surface area (Å²) in [4.78, 5) is 12.3. The lowest BCUT2D eigenvalue weighted by Crippen LogP contribution is -1.95. The van der Waals surface area contributed by atoms with Crippen molar-refractivity contribution in [2.45, 2.75) is 0 Å². The minimum Gasteiger partial charge on any atom is -0.507 e. The Morgan fingerprint density at radius 1 is 1.00 bits per heavy atom. The molecule has 3 nitrogen and oxygen atoms in total. The highest BCUT2D eigenvalue weighted by Crippen LogP contribution is 2.29. The molecule has 0 unspecified atom stereocenters. The van der Waals surface area contributed by atoms with E-state index in [4.69, 9.17) is 0 Å². The molecule has 0 fully saturated rings. The molecule has 0 amide bonds. The molecule has 3 aromatic rings. The van der Waals surface area contributed by atoms with Crippen LogP contribution < -0.4 is 0 Å². The molecule has 0 aliphatic heterocycles. The van der Waals surface area contributed by atoms with Crippen molar-refractivity contribution in [3.05, 3.63) is 76.3 Å². The quantitative estimate of drug-likeness (QED) is 0.510. The Kier molecular flexibility index (Phi) is 4.17. The van der Waals surface area contributed by atoms with Crippen molar-refractivity contribution in [3.63, 3.8) is 0 Å². The molecule has 0 aromatic heterocycles. The smallest absolute Gasteiger partial charge is 0.189 e. The average Bonchev–Trinajstić information content (AvgIpc) is 2.56. The summed E-state index contributed by atoms with van der Waals surface area (Å²) >= 11 is 3.32. The number of allylic oxidation sites excluding steroid dienone is 1. The number of hydrogen-bond donors (Lipinski definition) is 2. The van der Waals surface area contributed by atoms with Crippen molar-refractivity contribution in [1.82, 2.24) is 0 Å². The molecule has 0 saturated carbocycles. The number of phenols is 2. The van der Waals surface area contributed by atoms with Crippen LogP contribution in [-0.2, 0) is 0 Å². The summed E-state index contributed by atoms with van der Waals surface area (Å²) in [6.45, 7) is 0. The van der Waals surface area contributed by atoms with Crippen LogP contribution in [-0.4, -0.2) is 16.0 Å². The first-order valence-electron chi connectivity index (χ1n) is 6.98. The fourth-order valence-electron chi connectivity index (χ4n) is 2.37. The molecule has 4 heteroatoms. The van der Waals surface area contributed by atoms with E-state index in [0.717, 1.165) is 9.86 Å². The molecular formula is C19H13BrO3. The van der Waals surface area contributed by atoms with Crippen molar-refractivity contribution in [2.24, 2.45) is 0 Å². The SMILES string of the molecule is O=C(/C=C/c1cc(Br)ccc1O)c1ccc2ccccc2c1O. The van der Waals surface area contributed by atoms with E-state index in [1.165, 1.54) is 12.2 Å². The van der Waals surface area contributed by atoms with Crippen LogP contribution in [0.1, 0.15) is 15.9 Å².